The zero-order valence-electron chi connectivity index (χ0n) is 9.48. The Morgan fingerprint density at radius 2 is 2.00 bits per heavy atom. The molecule has 1 heterocycles. The van der Waals surface area contributed by atoms with Gasteiger partial charge < -0.3 is 5.11 Å². The van der Waals surface area contributed by atoms with Crippen molar-refractivity contribution in [2.45, 2.75) is 45.1 Å². The first kappa shape index (κ1) is 10.9. The summed E-state index contributed by atoms with van der Waals surface area (Å²) < 4.78 is 0. The van der Waals surface area contributed by atoms with E-state index in [0.29, 0.717) is 18.4 Å². The highest BCUT2D eigenvalue weighted by molar-refractivity contribution is 5.67. The lowest BCUT2D eigenvalue weighted by Crippen LogP contribution is -2.54. The van der Waals surface area contributed by atoms with Crippen molar-refractivity contribution in [1.82, 2.24) is 4.90 Å². The van der Waals surface area contributed by atoms with Crippen LogP contribution in [-0.4, -0.2) is 35.1 Å². The van der Waals surface area contributed by atoms with Gasteiger partial charge in [-0.15, -0.1) is 0 Å². The van der Waals surface area contributed by atoms with Crippen LogP contribution in [-0.2, 0) is 4.79 Å². The average Bonchev–Trinajstić information content (AvgIpc) is 2.13. The van der Waals surface area contributed by atoms with Crippen LogP contribution < -0.4 is 0 Å². The van der Waals surface area contributed by atoms with Crippen LogP contribution in [0.15, 0.2) is 0 Å². The minimum atomic E-state index is -0.625. The molecule has 1 N–H and O–H groups in total. The van der Waals surface area contributed by atoms with Gasteiger partial charge in [-0.1, -0.05) is 19.8 Å². The third kappa shape index (κ3) is 2.51. The van der Waals surface area contributed by atoms with E-state index in [1.807, 2.05) is 0 Å². The Bertz CT molecular complexity index is 236. The summed E-state index contributed by atoms with van der Waals surface area (Å²) in [6.45, 7) is 4.63. The smallest absolute Gasteiger partial charge is 0.303 e. The Balaban J connectivity index is 1.90. The summed E-state index contributed by atoms with van der Waals surface area (Å²) in [6, 6.07) is 0.561. The molecule has 2 rings (SSSR count). The summed E-state index contributed by atoms with van der Waals surface area (Å²) in [5.41, 5.74) is 0. The summed E-state index contributed by atoms with van der Waals surface area (Å²) in [6.07, 6.45) is 5.20. The maximum absolute atomic E-state index is 10.8. The Morgan fingerprint density at radius 1 is 1.33 bits per heavy atom. The molecule has 1 saturated carbocycles. The molecule has 1 aliphatic carbocycles. The van der Waals surface area contributed by atoms with Gasteiger partial charge in [0.2, 0.25) is 0 Å². The second-order valence-electron chi connectivity index (χ2n) is 5.27. The SMILES string of the molecule is CC1CN(C2CCCCC2CC(=O)O)C1. The third-order valence-corrected chi connectivity index (χ3v) is 3.87. The van der Waals surface area contributed by atoms with Crippen molar-refractivity contribution < 1.29 is 9.90 Å². The molecule has 0 aromatic rings. The normalized spacial score (nSPS) is 33.7. The van der Waals surface area contributed by atoms with Crippen molar-refractivity contribution in [3.63, 3.8) is 0 Å². The number of hydrogen-bond acceptors (Lipinski definition) is 2. The van der Waals surface area contributed by atoms with Crippen molar-refractivity contribution in [3.8, 4) is 0 Å². The molecule has 2 aliphatic rings. The standard InChI is InChI=1S/C12H21NO2/c1-9-7-13(8-9)11-5-3-2-4-10(11)6-12(14)15/h9-11H,2-8H2,1H3,(H,14,15). The molecule has 1 saturated heterocycles. The Morgan fingerprint density at radius 3 is 2.60 bits per heavy atom. The topological polar surface area (TPSA) is 40.5 Å². The van der Waals surface area contributed by atoms with E-state index in [4.69, 9.17) is 5.11 Å². The number of nitrogens with zero attached hydrogens (tertiary/aromatic N) is 1. The van der Waals surface area contributed by atoms with Crippen molar-refractivity contribution in [2.24, 2.45) is 11.8 Å². The zero-order chi connectivity index (χ0) is 10.8. The first-order chi connectivity index (χ1) is 7.16. The van der Waals surface area contributed by atoms with Crippen molar-refractivity contribution in [3.05, 3.63) is 0 Å². The number of hydrogen-bond donors (Lipinski definition) is 1. The van der Waals surface area contributed by atoms with E-state index in [9.17, 15) is 4.79 Å². The van der Waals surface area contributed by atoms with Crippen molar-refractivity contribution in [1.29, 1.82) is 0 Å². The van der Waals surface area contributed by atoms with E-state index in [1.54, 1.807) is 0 Å². The van der Waals surface area contributed by atoms with Crippen LogP contribution in [0.4, 0.5) is 0 Å². The molecule has 0 radical (unpaired) electrons. The molecular formula is C12H21NO2. The summed E-state index contributed by atoms with van der Waals surface area (Å²) in [4.78, 5) is 13.3. The minimum Gasteiger partial charge on any atom is -0.481 e. The van der Waals surface area contributed by atoms with Gasteiger partial charge in [0.05, 0.1) is 0 Å². The Kier molecular flexibility index (Phi) is 3.29. The lowest BCUT2D eigenvalue weighted by molar-refractivity contribution is -0.139. The van der Waals surface area contributed by atoms with E-state index in [2.05, 4.69) is 11.8 Å². The quantitative estimate of drug-likeness (QED) is 0.776. The van der Waals surface area contributed by atoms with Crippen LogP contribution in [0.2, 0.25) is 0 Å². The molecule has 2 unspecified atom stereocenters. The van der Waals surface area contributed by atoms with Gasteiger partial charge in [0.1, 0.15) is 0 Å². The lowest BCUT2D eigenvalue weighted by atomic mass is 9.79. The van der Waals surface area contributed by atoms with Crippen LogP contribution in [0.3, 0.4) is 0 Å². The molecular weight excluding hydrogens is 190 g/mol. The molecule has 3 heteroatoms. The van der Waals surface area contributed by atoms with Crippen LogP contribution >= 0.6 is 0 Å². The van der Waals surface area contributed by atoms with E-state index in [1.165, 1.54) is 32.4 Å². The van der Waals surface area contributed by atoms with Gasteiger partial charge in [-0.3, -0.25) is 9.69 Å². The molecule has 15 heavy (non-hydrogen) atoms. The molecule has 2 fully saturated rings. The number of rotatable bonds is 3. The first-order valence-electron chi connectivity index (χ1n) is 6.12. The first-order valence-corrected chi connectivity index (χ1v) is 6.12. The highest BCUT2D eigenvalue weighted by Crippen LogP contribution is 2.34. The fourth-order valence-electron chi connectivity index (χ4n) is 3.15. The summed E-state index contributed by atoms with van der Waals surface area (Å²) in [7, 11) is 0. The maximum atomic E-state index is 10.8. The van der Waals surface area contributed by atoms with Gasteiger partial charge >= 0.3 is 5.97 Å². The monoisotopic (exact) mass is 211 g/mol. The summed E-state index contributed by atoms with van der Waals surface area (Å²) in [5.74, 6) is 0.599. The predicted octanol–water partition coefficient (Wildman–Crippen LogP) is 1.97. The molecule has 0 bridgehead atoms. The van der Waals surface area contributed by atoms with Gasteiger partial charge in [-0.2, -0.15) is 0 Å². The largest absolute Gasteiger partial charge is 0.481 e. The molecule has 86 valence electrons. The number of likely N-dealkylation sites (tertiary alicyclic amines) is 1. The molecule has 0 aromatic carbocycles. The molecule has 0 amide bonds. The van der Waals surface area contributed by atoms with Crippen molar-refractivity contribution in [2.75, 3.05) is 13.1 Å². The molecule has 0 aromatic heterocycles. The van der Waals surface area contributed by atoms with E-state index >= 15 is 0 Å². The van der Waals surface area contributed by atoms with Crippen LogP contribution in [0.5, 0.6) is 0 Å². The average molecular weight is 211 g/mol. The van der Waals surface area contributed by atoms with Crippen LogP contribution in [0, 0.1) is 11.8 Å². The molecule has 0 spiro atoms. The zero-order valence-corrected chi connectivity index (χ0v) is 9.48. The molecule has 3 nitrogen and oxygen atoms in total. The Labute approximate surface area is 91.5 Å². The summed E-state index contributed by atoms with van der Waals surface area (Å²) >= 11 is 0. The van der Waals surface area contributed by atoms with Gasteiger partial charge in [-0.05, 0) is 24.7 Å². The molecule has 2 atom stereocenters. The fourth-order valence-corrected chi connectivity index (χ4v) is 3.15. The van der Waals surface area contributed by atoms with E-state index in [0.717, 1.165) is 12.3 Å². The van der Waals surface area contributed by atoms with Gasteiger partial charge in [-0.25, -0.2) is 0 Å². The van der Waals surface area contributed by atoms with Crippen molar-refractivity contribution >= 4 is 5.97 Å². The van der Waals surface area contributed by atoms with E-state index in [-0.39, 0.29) is 0 Å². The summed E-state index contributed by atoms with van der Waals surface area (Å²) in [5, 5.41) is 8.89. The number of aliphatic carboxylic acids is 1. The third-order valence-electron chi connectivity index (χ3n) is 3.87. The fraction of sp³-hybridized carbons (Fsp3) is 0.917. The number of carboxylic acids is 1. The highest BCUT2D eigenvalue weighted by atomic mass is 16.4. The van der Waals surface area contributed by atoms with Crippen LogP contribution in [0.25, 0.3) is 0 Å². The van der Waals surface area contributed by atoms with Gasteiger partial charge in [0, 0.05) is 25.6 Å². The molecule has 1 aliphatic heterocycles. The number of carboxylic acid groups (broad SMARTS) is 1. The second-order valence-corrected chi connectivity index (χ2v) is 5.27. The predicted molar refractivity (Wildman–Crippen MR) is 58.7 cm³/mol. The highest BCUT2D eigenvalue weighted by Gasteiger charge is 2.36. The Hall–Kier alpha value is -0.570. The minimum absolute atomic E-state index is 0.371. The van der Waals surface area contributed by atoms with Gasteiger partial charge in [0.25, 0.3) is 0 Å². The maximum Gasteiger partial charge on any atom is 0.303 e. The van der Waals surface area contributed by atoms with Gasteiger partial charge in [0.15, 0.2) is 0 Å². The lowest BCUT2D eigenvalue weighted by Gasteiger charge is -2.47. The number of carbonyl (C=O) groups is 1. The van der Waals surface area contributed by atoms with E-state index < -0.39 is 5.97 Å². The second kappa shape index (κ2) is 4.52. The van der Waals surface area contributed by atoms with Crippen LogP contribution in [0.1, 0.15) is 39.0 Å².